The lowest BCUT2D eigenvalue weighted by molar-refractivity contribution is -0.206. The summed E-state index contributed by atoms with van der Waals surface area (Å²) in [6.07, 6.45) is 2.28. The van der Waals surface area contributed by atoms with Gasteiger partial charge in [0.05, 0.1) is 6.33 Å². The van der Waals surface area contributed by atoms with E-state index in [0.717, 1.165) is 10.9 Å². The molecule has 23 heavy (non-hydrogen) atoms. The third-order valence-electron chi connectivity index (χ3n) is 3.66. The van der Waals surface area contributed by atoms with Crippen LogP contribution in [0.5, 0.6) is 0 Å². The van der Waals surface area contributed by atoms with Crippen molar-refractivity contribution in [2.75, 3.05) is 12.3 Å². The second-order valence-corrected chi connectivity index (χ2v) is 5.06. The molecule has 0 aromatic carbocycles. The minimum atomic E-state index is -3.00. The number of aromatic amines is 1. The zero-order valence-electron chi connectivity index (χ0n) is 11.5. The third-order valence-corrected chi connectivity index (χ3v) is 3.66. The smallest absolute Gasteiger partial charge is 0.280 e. The van der Waals surface area contributed by atoms with Gasteiger partial charge in [0.2, 0.25) is 11.5 Å². The number of hydrogen-bond acceptors (Lipinski definition) is 8. The van der Waals surface area contributed by atoms with Gasteiger partial charge < -0.3 is 25.8 Å². The molecular weight excluding hydrogens is 313 g/mol. The Morgan fingerprint density at radius 3 is 2.96 bits per heavy atom. The molecule has 6 N–H and O–H groups in total. The van der Waals surface area contributed by atoms with E-state index in [2.05, 4.69) is 15.0 Å². The summed E-state index contributed by atoms with van der Waals surface area (Å²) in [6.45, 7) is -1.25. The van der Waals surface area contributed by atoms with Gasteiger partial charge in [0.1, 0.15) is 6.61 Å². The monoisotopic (exact) mass is 325 g/mol. The molecule has 1 saturated heterocycles. The number of fused-ring (bicyclic) bond motifs is 1. The number of nitrogens with one attached hydrogen (secondary N) is 1. The number of rotatable bonds is 2. The number of hydrogen-bond donors (Lipinski definition) is 5. The van der Waals surface area contributed by atoms with Crippen LogP contribution in [0.25, 0.3) is 11.2 Å². The molecule has 0 radical (unpaired) electrons. The van der Waals surface area contributed by atoms with Crippen molar-refractivity contribution in [3.63, 3.8) is 0 Å². The van der Waals surface area contributed by atoms with Gasteiger partial charge in [-0.3, -0.25) is 14.3 Å². The van der Waals surface area contributed by atoms with E-state index in [9.17, 15) is 19.4 Å². The highest BCUT2D eigenvalue weighted by Crippen LogP contribution is 2.45. The summed E-state index contributed by atoms with van der Waals surface area (Å²) in [4.78, 5) is 21.6. The van der Waals surface area contributed by atoms with Crippen molar-refractivity contribution in [1.29, 1.82) is 0 Å². The summed E-state index contributed by atoms with van der Waals surface area (Å²) in [5.41, 5.74) is 1.95. The number of alkyl halides is 1. The Balaban J connectivity index is 2.22. The van der Waals surface area contributed by atoms with Gasteiger partial charge in [-0.05, 0) is 0 Å². The number of aliphatic hydroxyl groups is 3. The van der Waals surface area contributed by atoms with E-state index in [1.807, 2.05) is 5.92 Å². The van der Waals surface area contributed by atoms with E-state index in [-0.39, 0.29) is 17.1 Å². The molecule has 10 nitrogen and oxygen atoms in total. The Labute approximate surface area is 127 Å². The van der Waals surface area contributed by atoms with Crippen LogP contribution in [0.2, 0.25) is 0 Å². The van der Waals surface area contributed by atoms with Crippen LogP contribution in [0.3, 0.4) is 0 Å². The van der Waals surface area contributed by atoms with E-state index in [4.69, 9.17) is 22.0 Å². The van der Waals surface area contributed by atoms with Crippen LogP contribution in [0, 0.1) is 12.3 Å². The van der Waals surface area contributed by atoms with E-state index in [1.54, 1.807) is 0 Å². The number of nitrogen functional groups attached to an aromatic ring is 1. The molecule has 1 aliphatic rings. The van der Waals surface area contributed by atoms with Gasteiger partial charge in [0.25, 0.3) is 11.4 Å². The standard InChI is InChI=1S/C12H12FN5O5/c1-2-11(22)8(21)12(13,3-19)23-9(11)18-4-15-5-6(18)16-10(14)17-7(5)20/h1,4,8-9,19,21-22H,3H2,(H3,14,16,17,20)/t8-,9?,11+,12+/m0/s1. The second-order valence-electron chi connectivity index (χ2n) is 5.06. The molecular formula is C12H12FN5O5. The molecule has 1 aliphatic heterocycles. The Bertz CT molecular complexity index is 875. The number of anilines is 1. The fraction of sp³-hybridized carbons (Fsp3) is 0.417. The minimum absolute atomic E-state index is 0.140. The van der Waals surface area contributed by atoms with Crippen LogP contribution < -0.4 is 11.3 Å². The first-order valence-corrected chi connectivity index (χ1v) is 6.35. The molecule has 0 amide bonds. The van der Waals surface area contributed by atoms with Crippen LogP contribution in [0.1, 0.15) is 6.23 Å². The SMILES string of the molecule is C#C[C@]1(O)C(n2cnc3c(=O)[nH]c(N)nc32)O[C@](F)(CO)[C@H]1O. The maximum atomic E-state index is 14.4. The summed E-state index contributed by atoms with van der Waals surface area (Å²) < 4.78 is 20.3. The molecule has 0 saturated carbocycles. The maximum absolute atomic E-state index is 14.4. The highest BCUT2D eigenvalue weighted by Gasteiger charge is 2.64. The van der Waals surface area contributed by atoms with Crippen molar-refractivity contribution in [2.24, 2.45) is 0 Å². The summed E-state index contributed by atoms with van der Waals surface area (Å²) in [7, 11) is 0. The minimum Gasteiger partial charge on any atom is -0.390 e. The molecule has 4 atom stereocenters. The fourth-order valence-electron chi connectivity index (χ4n) is 2.46. The van der Waals surface area contributed by atoms with Crippen LogP contribution in [-0.2, 0) is 4.74 Å². The molecule has 3 rings (SSSR count). The van der Waals surface area contributed by atoms with Gasteiger partial charge in [-0.25, -0.2) is 9.37 Å². The number of nitrogens with zero attached hydrogens (tertiary/aromatic N) is 3. The first-order valence-electron chi connectivity index (χ1n) is 6.35. The number of ether oxygens (including phenoxy) is 1. The van der Waals surface area contributed by atoms with Crippen molar-refractivity contribution in [3.8, 4) is 12.3 Å². The first kappa shape index (κ1) is 15.4. The number of imidazole rings is 1. The Hall–Kier alpha value is -2.52. The second kappa shape index (κ2) is 4.74. The quantitative estimate of drug-likeness (QED) is 0.382. The van der Waals surface area contributed by atoms with E-state index in [1.165, 1.54) is 0 Å². The van der Waals surface area contributed by atoms with Crippen LogP contribution in [0.4, 0.5) is 10.3 Å². The number of terminal acetylenes is 1. The van der Waals surface area contributed by atoms with Gasteiger partial charge in [-0.1, -0.05) is 5.92 Å². The average molecular weight is 325 g/mol. The summed E-state index contributed by atoms with van der Waals surface area (Å²) in [6, 6.07) is 0. The molecule has 2 aromatic heterocycles. The van der Waals surface area contributed by atoms with Crippen LogP contribution in [-0.4, -0.2) is 59.0 Å². The molecule has 0 aliphatic carbocycles. The highest BCUT2D eigenvalue weighted by atomic mass is 19.2. The van der Waals surface area contributed by atoms with Crippen molar-refractivity contribution in [3.05, 3.63) is 16.7 Å². The predicted octanol–water partition coefficient (Wildman–Crippen LogP) is -2.39. The average Bonchev–Trinajstić information content (AvgIpc) is 3.01. The van der Waals surface area contributed by atoms with Crippen LogP contribution >= 0.6 is 0 Å². The van der Waals surface area contributed by atoms with Crippen molar-refractivity contribution in [1.82, 2.24) is 19.5 Å². The van der Waals surface area contributed by atoms with Gasteiger partial charge in [0.15, 0.2) is 23.5 Å². The first-order chi connectivity index (χ1) is 10.8. The van der Waals surface area contributed by atoms with Gasteiger partial charge in [0, 0.05) is 0 Å². The normalized spacial score (nSPS) is 33.9. The van der Waals surface area contributed by atoms with Gasteiger partial charge in [-0.2, -0.15) is 4.98 Å². The molecule has 3 heterocycles. The van der Waals surface area contributed by atoms with Crippen molar-refractivity contribution < 1.29 is 24.4 Å². The van der Waals surface area contributed by atoms with Crippen molar-refractivity contribution in [2.45, 2.75) is 23.8 Å². The number of nitrogens with two attached hydrogens (primary N) is 1. The Kier molecular flexibility index (Phi) is 3.17. The predicted molar refractivity (Wildman–Crippen MR) is 73.4 cm³/mol. The molecule has 0 bridgehead atoms. The maximum Gasteiger partial charge on any atom is 0.280 e. The fourth-order valence-corrected chi connectivity index (χ4v) is 2.46. The zero-order valence-corrected chi connectivity index (χ0v) is 11.5. The molecule has 1 unspecified atom stereocenters. The summed E-state index contributed by atoms with van der Waals surface area (Å²) >= 11 is 0. The summed E-state index contributed by atoms with van der Waals surface area (Å²) in [5.74, 6) is -1.41. The molecule has 1 fully saturated rings. The van der Waals surface area contributed by atoms with Gasteiger partial charge in [-0.15, -0.1) is 6.42 Å². The number of H-pyrrole nitrogens is 1. The number of aliphatic hydroxyl groups excluding tert-OH is 2. The Morgan fingerprint density at radius 1 is 1.65 bits per heavy atom. The summed E-state index contributed by atoms with van der Waals surface area (Å²) in [5, 5.41) is 29.4. The van der Waals surface area contributed by atoms with Gasteiger partial charge >= 0.3 is 0 Å². The molecule has 122 valence electrons. The lowest BCUT2D eigenvalue weighted by Gasteiger charge is -2.26. The molecule has 11 heteroatoms. The van der Waals surface area contributed by atoms with Crippen molar-refractivity contribution >= 4 is 17.1 Å². The zero-order chi connectivity index (χ0) is 17.0. The molecule has 0 spiro atoms. The number of aromatic nitrogens is 4. The highest BCUT2D eigenvalue weighted by molar-refractivity contribution is 5.70. The molecule has 2 aromatic rings. The van der Waals surface area contributed by atoms with E-state index < -0.39 is 36.0 Å². The lowest BCUT2D eigenvalue weighted by Crippen LogP contribution is -2.49. The lowest BCUT2D eigenvalue weighted by atomic mass is 9.94. The van der Waals surface area contributed by atoms with Crippen LogP contribution in [0.15, 0.2) is 11.1 Å². The largest absolute Gasteiger partial charge is 0.390 e. The Morgan fingerprint density at radius 2 is 2.35 bits per heavy atom. The topological polar surface area (TPSA) is 160 Å². The van der Waals surface area contributed by atoms with E-state index >= 15 is 0 Å². The third kappa shape index (κ3) is 1.93. The van der Waals surface area contributed by atoms with E-state index in [0.29, 0.717) is 0 Å². The number of halogens is 1.